The van der Waals surface area contributed by atoms with Gasteiger partial charge < -0.3 is 13.7 Å². The van der Waals surface area contributed by atoms with E-state index in [-0.39, 0.29) is 5.41 Å². The first kappa shape index (κ1) is 29.2. The first-order chi connectivity index (χ1) is 25.5. The average molecular weight is 668 g/mol. The molecule has 10 aromatic rings. The molecule has 0 radical (unpaired) electrons. The van der Waals surface area contributed by atoms with Gasteiger partial charge >= 0.3 is 0 Å². The van der Waals surface area contributed by atoms with E-state index in [1.54, 1.807) is 0 Å². The lowest BCUT2D eigenvalue weighted by Crippen LogP contribution is -2.16. The van der Waals surface area contributed by atoms with E-state index in [9.17, 15) is 0 Å². The summed E-state index contributed by atoms with van der Waals surface area (Å²) >= 11 is 0. The molecule has 2 heterocycles. The van der Waals surface area contributed by atoms with Crippen molar-refractivity contribution in [1.82, 2.24) is 0 Å². The van der Waals surface area contributed by atoms with Crippen molar-refractivity contribution in [2.24, 2.45) is 0 Å². The van der Waals surface area contributed by atoms with Crippen LogP contribution in [0.5, 0.6) is 0 Å². The van der Waals surface area contributed by atoms with Crippen molar-refractivity contribution in [3.8, 4) is 22.3 Å². The monoisotopic (exact) mass is 667 g/mol. The average Bonchev–Trinajstić information content (AvgIpc) is 3.83. The van der Waals surface area contributed by atoms with Gasteiger partial charge in [-0.3, -0.25) is 0 Å². The highest BCUT2D eigenvalue weighted by Crippen LogP contribution is 2.52. The van der Waals surface area contributed by atoms with Gasteiger partial charge in [-0.1, -0.05) is 123 Å². The molecule has 52 heavy (non-hydrogen) atoms. The molecular formula is C49H33NO2. The van der Waals surface area contributed by atoms with Gasteiger partial charge in [0.25, 0.3) is 0 Å². The van der Waals surface area contributed by atoms with Crippen LogP contribution in [-0.2, 0) is 5.41 Å². The summed E-state index contributed by atoms with van der Waals surface area (Å²) in [6, 6.07) is 58.8. The van der Waals surface area contributed by atoms with Gasteiger partial charge in [-0.15, -0.1) is 0 Å². The van der Waals surface area contributed by atoms with Gasteiger partial charge in [0, 0.05) is 49.1 Å². The molecule has 0 spiro atoms. The Labute approximate surface area is 301 Å². The summed E-state index contributed by atoms with van der Waals surface area (Å²) in [6.07, 6.45) is 0. The summed E-state index contributed by atoms with van der Waals surface area (Å²) in [6.45, 7) is 4.69. The number of nitrogens with zero attached hydrogens (tertiary/aromatic N) is 1. The zero-order valence-corrected chi connectivity index (χ0v) is 28.9. The number of hydrogen-bond donors (Lipinski definition) is 0. The lowest BCUT2D eigenvalue weighted by atomic mass is 9.82. The van der Waals surface area contributed by atoms with Crippen molar-refractivity contribution < 1.29 is 8.83 Å². The minimum absolute atomic E-state index is 0.118. The molecule has 1 aliphatic carbocycles. The van der Waals surface area contributed by atoms with Gasteiger partial charge in [-0.2, -0.15) is 0 Å². The molecule has 0 bridgehead atoms. The van der Waals surface area contributed by atoms with Gasteiger partial charge in [0.15, 0.2) is 0 Å². The van der Waals surface area contributed by atoms with Crippen molar-refractivity contribution in [1.29, 1.82) is 0 Å². The van der Waals surface area contributed by atoms with E-state index in [2.05, 4.69) is 170 Å². The molecule has 246 valence electrons. The molecule has 0 amide bonds. The molecule has 0 saturated carbocycles. The summed E-state index contributed by atoms with van der Waals surface area (Å²) in [4.78, 5) is 2.42. The third kappa shape index (κ3) is 4.08. The quantitative estimate of drug-likeness (QED) is 0.187. The zero-order valence-electron chi connectivity index (χ0n) is 28.9. The Hall–Kier alpha value is -6.58. The second-order valence-corrected chi connectivity index (χ2v) is 14.5. The Balaban J connectivity index is 1.18. The fourth-order valence-electron chi connectivity index (χ4n) is 8.78. The van der Waals surface area contributed by atoms with Crippen molar-refractivity contribution in [3.05, 3.63) is 175 Å². The zero-order chi connectivity index (χ0) is 34.6. The summed E-state index contributed by atoms with van der Waals surface area (Å²) in [5, 5.41) is 6.65. The smallest absolute Gasteiger partial charge is 0.143 e. The number of fused-ring (bicyclic) bond motifs is 11. The van der Waals surface area contributed by atoms with Gasteiger partial charge in [0.1, 0.15) is 22.3 Å². The molecule has 0 fully saturated rings. The van der Waals surface area contributed by atoms with Gasteiger partial charge in [-0.05, 0) is 88.0 Å². The third-order valence-corrected chi connectivity index (χ3v) is 11.2. The highest BCUT2D eigenvalue weighted by Gasteiger charge is 2.36. The van der Waals surface area contributed by atoms with Gasteiger partial charge in [0.05, 0.1) is 5.69 Å². The van der Waals surface area contributed by atoms with Crippen LogP contribution in [0.3, 0.4) is 0 Å². The molecule has 0 aliphatic heterocycles. The third-order valence-electron chi connectivity index (χ3n) is 11.2. The standard InChI is InChI=1S/C49H33NO2/c1-49(2)41-20-10-8-15-34(41)35-25-24-32(28-42(35)49)50(31-13-4-3-5-14-31)43-29-40-47-33(19-12-22-46(47)52-48(40)38-18-7-6-16-36(38)43)30-23-26-45-39(27-30)37-17-9-11-21-44(37)51-45/h3-29H,1-2H3. The molecule has 3 heteroatoms. The molecule has 11 rings (SSSR count). The SMILES string of the molecule is CC1(C)c2ccccc2-c2ccc(N(c3ccccc3)c3cc4c(oc5cccc(-c6ccc7oc8ccccc8c7c6)c54)c4ccccc34)cc21. The molecule has 0 N–H and O–H groups in total. The second kappa shape index (κ2) is 10.7. The van der Waals surface area contributed by atoms with E-state index in [4.69, 9.17) is 8.83 Å². The first-order valence-corrected chi connectivity index (χ1v) is 17.9. The number of benzene rings is 8. The van der Waals surface area contributed by atoms with Gasteiger partial charge in [0.2, 0.25) is 0 Å². The second-order valence-electron chi connectivity index (χ2n) is 14.5. The normalized spacial score (nSPS) is 13.3. The fraction of sp³-hybridized carbons (Fsp3) is 0.0612. The number of rotatable bonds is 4. The Morgan fingerprint density at radius 3 is 2.00 bits per heavy atom. The molecule has 0 saturated heterocycles. The fourth-order valence-corrected chi connectivity index (χ4v) is 8.78. The molecule has 2 aromatic heterocycles. The Morgan fingerprint density at radius 1 is 0.423 bits per heavy atom. The maximum Gasteiger partial charge on any atom is 0.143 e. The minimum Gasteiger partial charge on any atom is -0.456 e. The Kier molecular flexibility index (Phi) is 6.01. The van der Waals surface area contributed by atoms with Crippen LogP contribution < -0.4 is 4.90 Å². The molecule has 0 atom stereocenters. The van der Waals surface area contributed by atoms with Crippen LogP contribution in [0, 0.1) is 0 Å². The van der Waals surface area contributed by atoms with Crippen molar-refractivity contribution in [2.45, 2.75) is 19.3 Å². The van der Waals surface area contributed by atoms with Crippen LogP contribution >= 0.6 is 0 Å². The van der Waals surface area contributed by atoms with E-state index in [0.29, 0.717) is 0 Å². The lowest BCUT2D eigenvalue weighted by Gasteiger charge is -2.29. The summed E-state index contributed by atoms with van der Waals surface area (Å²) in [5.74, 6) is 0. The Bertz CT molecular complexity index is 3050. The van der Waals surface area contributed by atoms with E-state index in [1.165, 1.54) is 22.3 Å². The number of furan rings is 2. The van der Waals surface area contributed by atoms with Crippen LogP contribution in [0.1, 0.15) is 25.0 Å². The summed E-state index contributed by atoms with van der Waals surface area (Å²) < 4.78 is 13.0. The highest BCUT2D eigenvalue weighted by molar-refractivity contribution is 6.23. The number of anilines is 3. The Morgan fingerprint density at radius 2 is 1.12 bits per heavy atom. The van der Waals surface area contributed by atoms with Crippen LogP contribution in [0.4, 0.5) is 17.1 Å². The van der Waals surface area contributed by atoms with Crippen molar-refractivity contribution in [3.63, 3.8) is 0 Å². The first-order valence-electron chi connectivity index (χ1n) is 17.9. The summed E-state index contributed by atoms with van der Waals surface area (Å²) in [5.41, 5.74) is 14.4. The van der Waals surface area contributed by atoms with Crippen LogP contribution in [0.2, 0.25) is 0 Å². The maximum absolute atomic E-state index is 6.80. The molecule has 0 unspecified atom stereocenters. The predicted octanol–water partition coefficient (Wildman–Crippen LogP) is 14.1. The summed E-state index contributed by atoms with van der Waals surface area (Å²) in [7, 11) is 0. The van der Waals surface area contributed by atoms with Crippen LogP contribution in [-0.4, -0.2) is 0 Å². The topological polar surface area (TPSA) is 29.5 Å². The van der Waals surface area contributed by atoms with Crippen LogP contribution in [0.15, 0.2) is 173 Å². The molecular weight excluding hydrogens is 635 g/mol. The molecule has 1 aliphatic rings. The lowest BCUT2D eigenvalue weighted by molar-refractivity contribution is 0.660. The minimum atomic E-state index is -0.118. The van der Waals surface area contributed by atoms with E-state index < -0.39 is 0 Å². The maximum atomic E-state index is 6.80. The molecule has 8 aromatic carbocycles. The van der Waals surface area contributed by atoms with E-state index in [0.717, 1.165) is 82.8 Å². The van der Waals surface area contributed by atoms with Crippen LogP contribution in [0.25, 0.3) is 76.9 Å². The van der Waals surface area contributed by atoms with E-state index >= 15 is 0 Å². The number of para-hydroxylation sites is 2. The highest BCUT2D eigenvalue weighted by atomic mass is 16.3. The van der Waals surface area contributed by atoms with Crippen molar-refractivity contribution in [2.75, 3.05) is 4.90 Å². The van der Waals surface area contributed by atoms with E-state index in [1.807, 2.05) is 12.1 Å². The predicted molar refractivity (Wildman–Crippen MR) is 216 cm³/mol. The van der Waals surface area contributed by atoms with Gasteiger partial charge in [-0.25, -0.2) is 0 Å². The number of hydrogen-bond acceptors (Lipinski definition) is 3. The molecule has 3 nitrogen and oxygen atoms in total. The largest absolute Gasteiger partial charge is 0.456 e. The van der Waals surface area contributed by atoms with Crippen molar-refractivity contribution >= 4 is 71.7 Å².